The molecule has 1 aliphatic heterocycles. The van der Waals surface area contributed by atoms with Gasteiger partial charge in [0.05, 0.1) is 11.2 Å². The number of rotatable bonds is 4. The standard InChI is InChI=1S/C16H34N2O/c1-9-17-13(14(2,3)4)10-18-11-15(5,6)19-16(7,8)12-18/h13,17H,9-12H2,1-8H3. The Morgan fingerprint density at radius 3 is 1.95 bits per heavy atom. The van der Waals surface area contributed by atoms with Crippen LogP contribution in [-0.4, -0.2) is 48.3 Å². The van der Waals surface area contributed by atoms with Gasteiger partial charge in [0.25, 0.3) is 0 Å². The molecule has 0 aromatic heterocycles. The van der Waals surface area contributed by atoms with Crippen molar-refractivity contribution in [3.05, 3.63) is 0 Å². The van der Waals surface area contributed by atoms with Crippen LogP contribution in [0.4, 0.5) is 0 Å². The van der Waals surface area contributed by atoms with Gasteiger partial charge in [0.2, 0.25) is 0 Å². The fourth-order valence-electron chi connectivity index (χ4n) is 3.22. The lowest BCUT2D eigenvalue weighted by Gasteiger charge is -2.49. The van der Waals surface area contributed by atoms with Crippen molar-refractivity contribution in [1.29, 1.82) is 0 Å². The van der Waals surface area contributed by atoms with Crippen LogP contribution in [0.5, 0.6) is 0 Å². The summed E-state index contributed by atoms with van der Waals surface area (Å²) in [6.45, 7) is 22.0. The third-order valence-electron chi connectivity index (χ3n) is 3.70. The first kappa shape index (κ1) is 16.9. The van der Waals surface area contributed by atoms with Gasteiger partial charge in [-0.3, -0.25) is 4.90 Å². The third kappa shape index (κ3) is 5.41. The van der Waals surface area contributed by atoms with E-state index >= 15 is 0 Å². The highest BCUT2D eigenvalue weighted by Crippen LogP contribution is 2.29. The molecule has 1 N–H and O–H groups in total. The number of hydrogen-bond acceptors (Lipinski definition) is 3. The van der Waals surface area contributed by atoms with Gasteiger partial charge < -0.3 is 10.1 Å². The van der Waals surface area contributed by atoms with Crippen molar-refractivity contribution in [3.63, 3.8) is 0 Å². The quantitative estimate of drug-likeness (QED) is 0.850. The zero-order chi connectivity index (χ0) is 14.9. The number of likely N-dealkylation sites (N-methyl/N-ethyl adjacent to an activating group) is 1. The SMILES string of the molecule is CCNC(CN1CC(C)(C)OC(C)(C)C1)C(C)(C)C. The molecule has 0 radical (unpaired) electrons. The van der Waals surface area contributed by atoms with E-state index in [0.29, 0.717) is 6.04 Å². The Morgan fingerprint density at radius 2 is 1.58 bits per heavy atom. The molecule has 1 saturated heterocycles. The summed E-state index contributed by atoms with van der Waals surface area (Å²) in [7, 11) is 0. The molecule has 1 unspecified atom stereocenters. The molecule has 0 aromatic carbocycles. The number of ether oxygens (including phenoxy) is 1. The first-order valence-electron chi connectivity index (χ1n) is 7.61. The molecular weight excluding hydrogens is 236 g/mol. The normalized spacial score (nSPS) is 25.3. The Bertz CT molecular complexity index is 276. The molecule has 1 rings (SSSR count). The molecule has 3 heteroatoms. The Labute approximate surface area is 120 Å². The van der Waals surface area contributed by atoms with Crippen molar-refractivity contribution in [2.75, 3.05) is 26.2 Å². The minimum absolute atomic E-state index is 0.0591. The van der Waals surface area contributed by atoms with Gasteiger partial charge in [0.15, 0.2) is 0 Å². The van der Waals surface area contributed by atoms with Crippen LogP contribution < -0.4 is 5.32 Å². The summed E-state index contributed by atoms with van der Waals surface area (Å²) >= 11 is 0. The molecule has 0 saturated carbocycles. The predicted octanol–water partition coefficient (Wildman–Crippen LogP) is 2.90. The molecule has 0 aromatic rings. The Hall–Kier alpha value is -0.120. The van der Waals surface area contributed by atoms with Crippen molar-refractivity contribution in [2.24, 2.45) is 5.41 Å². The van der Waals surface area contributed by atoms with E-state index in [-0.39, 0.29) is 16.6 Å². The van der Waals surface area contributed by atoms with E-state index in [0.717, 1.165) is 26.2 Å². The van der Waals surface area contributed by atoms with Gasteiger partial charge in [-0.1, -0.05) is 27.7 Å². The molecule has 1 atom stereocenters. The summed E-state index contributed by atoms with van der Waals surface area (Å²) in [6, 6.07) is 0.516. The van der Waals surface area contributed by atoms with E-state index in [1.807, 2.05) is 0 Å². The second kappa shape index (κ2) is 5.71. The van der Waals surface area contributed by atoms with Gasteiger partial charge in [0, 0.05) is 25.7 Å². The Kier molecular flexibility index (Phi) is 5.09. The van der Waals surface area contributed by atoms with Crippen LogP contribution in [-0.2, 0) is 4.74 Å². The van der Waals surface area contributed by atoms with Crippen molar-refractivity contribution < 1.29 is 4.74 Å². The zero-order valence-corrected chi connectivity index (χ0v) is 14.3. The van der Waals surface area contributed by atoms with Gasteiger partial charge >= 0.3 is 0 Å². The molecule has 0 spiro atoms. The second-order valence-electron chi connectivity index (χ2n) is 8.27. The number of nitrogens with one attached hydrogen (secondary N) is 1. The minimum Gasteiger partial charge on any atom is -0.367 e. The molecule has 1 fully saturated rings. The summed E-state index contributed by atoms with van der Waals surface area (Å²) in [6.07, 6.45) is 0. The van der Waals surface area contributed by atoms with Crippen molar-refractivity contribution in [1.82, 2.24) is 10.2 Å². The van der Waals surface area contributed by atoms with Gasteiger partial charge in [-0.05, 0) is 39.7 Å². The summed E-state index contributed by atoms with van der Waals surface area (Å²) in [5.41, 5.74) is 0.162. The molecule has 1 aliphatic rings. The lowest BCUT2D eigenvalue weighted by Crippen LogP contribution is -2.60. The average molecular weight is 270 g/mol. The third-order valence-corrected chi connectivity index (χ3v) is 3.70. The molecule has 0 bridgehead atoms. The summed E-state index contributed by atoms with van der Waals surface area (Å²) in [4.78, 5) is 2.56. The fraction of sp³-hybridized carbons (Fsp3) is 1.00. The first-order valence-corrected chi connectivity index (χ1v) is 7.61. The van der Waals surface area contributed by atoms with Crippen LogP contribution in [0, 0.1) is 5.41 Å². The fourth-order valence-corrected chi connectivity index (χ4v) is 3.22. The summed E-state index contributed by atoms with van der Waals surface area (Å²) in [5, 5.41) is 3.64. The van der Waals surface area contributed by atoms with Gasteiger partial charge in [-0.15, -0.1) is 0 Å². The van der Waals surface area contributed by atoms with Crippen LogP contribution in [0.2, 0.25) is 0 Å². The van der Waals surface area contributed by atoms with Crippen molar-refractivity contribution >= 4 is 0 Å². The molecular formula is C16H34N2O. The van der Waals surface area contributed by atoms with Crippen molar-refractivity contribution in [3.8, 4) is 0 Å². The molecule has 114 valence electrons. The maximum Gasteiger partial charge on any atom is 0.0760 e. The summed E-state index contributed by atoms with van der Waals surface area (Å²) in [5.74, 6) is 0. The van der Waals surface area contributed by atoms with Gasteiger partial charge in [-0.2, -0.15) is 0 Å². The highest BCUT2D eigenvalue weighted by atomic mass is 16.5. The smallest absolute Gasteiger partial charge is 0.0760 e. The topological polar surface area (TPSA) is 24.5 Å². The van der Waals surface area contributed by atoms with E-state index in [2.05, 4.69) is 65.6 Å². The van der Waals surface area contributed by atoms with Crippen LogP contribution in [0.15, 0.2) is 0 Å². The van der Waals surface area contributed by atoms with E-state index in [1.54, 1.807) is 0 Å². The van der Waals surface area contributed by atoms with Gasteiger partial charge in [0.1, 0.15) is 0 Å². The second-order valence-corrected chi connectivity index (χ2v) is 8.27. The first-order chi connectivity index (χ1) is 8.45. The minimum atomic E-state index is -0.0591. The zero-order valence-electron chi connectivity index (χ0n) is 14.3. The number of nitrogens with zero attached hydrogens (tertiary/aromatic N) is 1. The number of hydrogen-bond donors (Lipinski definition) is 1. The van der Waals surface area contributed by atoms with Gasteiger partial charge in [-0.25, -0.2) is 0 Å². The predicted molar refractivity (Wildman–Crippen MR) is 82.6 cm³/mol. The highest BCUT2D eigenvalue weighted by molar-refractivity contribution is 4.92. The monoisotopic (exact) mass is 270 g/mol. The lowest BCUT2D eigenvalue weighted by molar-refractivity contribution is -0.182. The van der Waals surface area contributed by atoms with E-state index in [4.69, 9.17) is 4.74 Å². The highest BCUT2D eigenvalue weighted by Gasteiger charge is 2.39. The van der Waals surface area contributed by atoms with Crippen molar-refractivity contribution in [2.45, 2.75) is 72.6 Å². The van der Waals surface area contributed by atoms with E-state index < -0.39 is 0 Å². The molecule has 0 amide bonds. The molecule has 0 aliphatic carbocycles. The van der Waals surface area contributed by atoms with E-state index in [9.17, 15) is 0 Å². The Morgan fingerprint density at radius 1 is 1.11 bits per heavy atom. The van der Waals surface area contributed by atoms with Crippen LogP contribution in [0.25, 0.3) is 0 Å². The van der Waals surface area contributed by atoms with Crippen LogP contribution >= 0.6 is 0 Å². The molecule has 19 heavy (non-hydrogen) atoms. The maximum absolute atomic E-state index is 6.16. The number of morpholine rings is 1. The maximum atomic E-state index is 6.16. The largest absolute Gasteiger partial charge is 0.367 e. The van der Waals surface area contributed by atoms with Crippen LogP contribution in [0.1, 0.15) is 55.4 Å². The van der Waals surface area contributed by atoms with E-state index in [1.165, 1.54) is 0 Å². The lowest BCUT2D eigenvalue weighted by atomic mass is 9.85. The summed E-state index contributed by atoms with van der Waals surface area (Å²) < 4.78 is 6.16. The Balaban J connectivity index is 2.73. The molecule has 3 nitrogen and oxygen atoms in total. The molecule has 1 heterocycles. The van der Waals surface area contributed by atoms with Crippen LogP contribution in [0.3, 0.4) is 0 Å². The average Bonchev–Trinajstić information content (AvgIpc) is 2.10.